The Hall–Kier alpha value is -1.94. The van der Waals surface area contributed by atoms with Gasteiger partial charge in [0.1, 0.15) is 11.5 Å². The van der Waals surface area contributed by atoms with E-state index in [-0.39, 0.29) is 0 Å². The fraction of sp³-hybridized carbons (Fsp3) is 0.214. The lowest BCUT2D eigenvalue weighted by atomic mass is 10.3. The number of nitrogens with zero attached hydrogens (tertiary/aromatic N) is 1. The summed E-state index contributed by atoms with van der Waals surface area (Å²) < 4.78 is 11.0. The normalized spacial score (nSPS) is 10.2. The van der Waals surface area contributed by atoms with E-state index in [0.29, 0.717) is 29.7 Å². The molecule has 0 fully saturated rings. The molecule has 1 aromatic carbocycles. The molecule has 0 spiro atoms. The summed E-state index contributed by atoms with van der Waals surface area (Å²) in [5.41, 5.74) is 6.35. The molecule has 2 N–H and O–H groups in total. The summed E-state index contributed by atoms with van der Waals surface area (Å²) in [7, 11) is 0. The number of rotatable bonds is 6. The molecule has 0 saturated heterocycles. The van der Waals surface area contributed by atoms with Crippen molar-refractivity contribution in [3.8, 4) is 11.5 Å². The van der Waals surface area contributed by atoms with Crippen molar-refractivity contribution in [2.24, 2.45) is 0 Å². The number of halogens is 1. The Kier molecular flexibility index (Phi) is 4.86. The van der Waals surface area contributed by atoms with Crippen LogP contribution in [0.15, 0.2) is 42.7 Å². The molecule has 0 bridgehead atoms. The second-order valence-electron chi connectivity index (χ2n) is 3.96. The molecule has 0 radical (unpaired) electrons. The zero-order valence-corrected chi connectivity index (χ0v) is 11.1. The Balaban J connectivity index is 1.67. The minimum Gasteiger partial charge on any atom is -0.493 e. The van der Waals surface area contributed by atoms with Crippen molar-refractivity contribution in [1.29, 1.82) is 0 Å². The zero-order chi connectivity index (χ0) is 13.5. The molecule has 0 atom stereocenters. The van der Waals surface area contributed by atoms with E-state index in [4.69, 9.17) is 26.8 Å². The second-order valence-corrected chi connectivity index (χ2v) is 4.40. The van der Waals surface area contributed by atoms with Crippen molar-refractivity contribution in [2.45, 2.75) is 6.42 Å². The van der Waals surface area contributed by atoms with Crippen LogP contribution in [0.5, 0.6) is 11.5 Å². The first kappa shape index (κ1) is 13.5. The maximum absolute atomic E-state index is 5.80. The van der Waals surface area contributed by atoms with E-state index in [1.54, 1.807) is 24.5 Å². The number of hydrogen-bond acceptors (Lipinski definition) is 4. The van der Waals surface area contributed by atoms with Crippen molar-refractivity contribution >= 4 is 17.3 Å². The van der Waals surface area contributed by atoms with Crippen LogP contribution in [0.25, 0.3) is 0 Å². The molecule has 2 aromatic rings. The molecule has 2 rings (SSSR count). The van der Waals surface area contributed by atoms with E-state index in [1.807, 2.05) is 18.2 Å². The fourth-order valence-electron chi connectivity index (χ4n) is 1.51. The molecule has 5 heteroatoms. The minimum atomic E-state index is 0.546. The first-order valence-electron chi connectivity index (χ1n) is 5.96. The highest BCUT2D eigenvalue weighted by Gasteiger charge is 1.97. The number of aromatic nitrogens is 1. The summed E-state index contributed by atoms with van der Waals surface area (Å²) in [6.07, 6.45) is 3.96. The third-order valence-electron chi connectivity index (χ3n) is 2.36. The predicted octanol–water partition coefficient (Wildman–Crippen LogP) is 3.17. The number of anilines is 1. The van der Waals surface area contributed by atoms with Crippen LogP contribution < -0.4 is 15.2 Å². The average molecular weight is 279 g/mol. The lowest BCUT2D eigenvalue weighted by Gasteiger charge is -2.08. The van der Waals surface area contributed by atoms with Gasteiger partial charge >= 0.3 is 0 Å². The maximum Gasteiger partial charge on any atom is 0.139 e. The molecule has 0 amide bonds. The molecule has 100 valence electrons. The van der Waals surface area contributed by atoms with Crippen LogP contribution in [-0.2, 0) is 0 Å². The van der Waals surface area contributed by atoms with Crippen LogP contribution in [0.4, 0.5) is 5.69 Å². The predicted molar refractivity (Wildman–Crippen MR) is 75.7 cm³/mol. The van der Waals surface area contributed by atoms with Crippen LogP contribution in [0, 0.1) is 0 Å². The molecule has 4 nitrogen and oxygen atoms in total. The van der Waals surface area contributed by atoms with E-state index < -0.39 is 0 Å². The molecule has 0 unspecified atom stereocenters. The fourth-order valence-corrected chi connectivity index (χ4v) is 1.68. The number of nitrogen functional groups attached to an aromatic ring is 1. The van der Waals surface area contributed by atoms with Crippen LogP contribution in [0.2, 0.25) is 5.02 Å². The highest BCUT2D eigenvalue weighted by atomic mass is 35.5. The summed E-state index contributed by atoms with van der Waals surface area (Å²) in [5, 5.41) is 0.563. The van der Waals surface area contributed by atoms with Crippen molar-refractivity contribution < 1.29 is 9.47 Å². The zero-order valence-electron chi connectivity index (χ0n) is 10.4. The largest absolute Gasteiger partial charge is 0.493 e. The van der Waals surface area contributed by atoms with E-state index in [9.17, 15) is 0 Å². The van der Waals surface area contributed by atoms with Gasteiger partial charge in [-0.25, -0.2) is 0 Å². The molecule has 0 saturated carbocycles. The SMILES string of the molecule is Nc1cccc(OCCCOc2cncc(Cl)c2)c1. The minimum absolute atomic E-state index is 0.546. The van der Waals surface area contributed by atoms with Crippen molar-refractivity contribution in [1.82, 2.24) is 4.98 Å². The van der Waals surface area contributed by atoms with Gasteiger partial charge < -0.3 is 15.2 Å². The Morgan fingerprint density at radius 2 is 1.84 bits per heavy atom. The number of nitrogens with two attached hydrogens (primary N) is 1. The highest BCUT2D eigenvalue weighted by molar-refractivity contribution is 6.30. The van der Waals surface area contributed by atoms with Gasteiger partial charge in [-0.3, -0.25) is 4.98 Å². The van der Waals surface area contributed by atoms with Crippen molar-refractivity contribution in [3.05, 3.63) is 47.7 Å². The maximum atomic E-state index is 5.80. The number of benzene rings is 1. The number of hydrogen-bond donors (Lipinski definition) is 1. The van der Waals surface area contributed by atoms with Crippen molar-refractivity contribution in [3.63, 3.8) is 0 Å². The smallest absolute Gasteiger partial charge is 0.139 e. The van der Waals surface area contributed by atoms with Gasteiger partial charge in [0.15, 0.2) is 0 Å². The Morgan fingerprint density at radius 3 is 2.58 bits per heavy atom. The van der Waals surface area contributed by atoms with Crippen LogP contribution in [0.3, 0.4) is 0 Å². The lowest BCUT2D eigenvalue weighted by molar-refractivity contribution is 0.247. The molecule has 0 aliphatic rings. The first-order valence-corrected chi connectivity index (χ1v) is 6.33. The molecule has 0 aliphatic heterocycles. The molecular formula is C14H15ClN2O2. The monoisotopic (exact) mass is 278 g/mol. The van der Waals surface area contributed by atoms with Gasteiger partial charge in [-0.2, -0.15) is 0 Å². The quantitative estimate of drug-likeness (QED) is 0.651. The molecular weight excluding hydrogens is 264 g/mol. The van der Waals surface area contributed by atoms with Gasteiger partial charge in [0.2, 0.25) is 0 Å². The van der Waals surface area contributed by atoms with Gasteiger partial charge in [0, 0.05) is 30.4 Å². The lowest BCUT2D eigenvalue weighted by Crippen LogP contribution is -2.05. The summed E-state index contributed by atoms with van der Waals surface area (Å²) in [6, 6.07) is 9.08. The second kappa shape index (κ2) is 6.85. The third-order valence-corrected chi connectivity index (χ3v) is 2.57. The third kappa shape index (κ3) is 4.67. The van der Waals surface area contributed by atoms with E-state index >= 15 is 0 Å². The van der Waals surface area contributed by atoms with Gasteiger partial charge in [0.25, 0.3) is 0 Å². The Labute approximate surface area is 117 Å². The molecule has 1 heterocycles. The van der Waals surface area contributed by atoms with Crippen LogP contribution in [0.1, 0.15) is 6.42 Å². The number of pyridine rings is 1. The van der Waals surface area contributed by atoms with Crippen molar-refractivity contribution in [2.75, 3.05) is 18.9 Å². The summed E-state index contributed by atoms with van der Waals surface area (Å²) >= 11 is 5.80. The first-order chi connectivity index (χ1) is 9.24. The Morgan fingerprint density at radius 1 is 1.05 bits per heavy atom. The van der Waals surface area contributed by atoms with E-state index in [1.165, 1.54) is 0 Å². The van der Waals surface area contributed by atoms with E-state index in [0.717, 1.165) is 12.2 Å². The van der Waals surface area contributed by atoms with Gasteiger partial charge in [-0.15, -0.1) is 0 Å². The molecule has 1 aromatic heterocycles. The topological polar surface area (TPSA) is 57.4 Å². The molecule has 0 aliphatic carbocycles. The van der Waals surface area contributed by atoms with Gasteiger partial charge in [-0.1, -0.05) is 17.7 Å². The van der Waals surface area contributed by atoms with Crippen LogP contribution >= 0.6 is 11.6 Å². The standard InChI is InChI=1S/C14H15ClN2O2/c15-11-7-14(10-17-9-11)19-6-2-5-18-13-4-1-3-12(16)8-13/h1,3-4,7-10H,2,5-6,16H2. The van der Waals surface area contributed by atoms with E-state index in [2.05, 4.69) is 4.98 Å². The average Bonchev–Trinajstić information content (AvgIpc) is 2.38. The highest BCUT2D eigenvalue weighted by Crippen LogP contribution is 2.16. The van der Waals surface area contributed by atoms with Gasteiger partial charge in [-0.05, 0) is 12.1 Å². The van der Waals surface area contributed by atoms with Gasteiger partial charge in [0.05, 0.1) is 24.4 Å². The Bertz CT molecular complexity index is 487. The number of ether oxygens (including phenoxy) is 2. The van der Waals surface area contributed by atoms with Crippen LogP contribution in [-0.4, -0.2) is 18.2 Å². The summed E-state index contributed by atoms with van der Waals surface area (Å²) in [6.45, 7) is 1.11. The molecule has 19 heavy (non-hydrogen) atoms. The summed E-state index contributed by atoms with van der Waals surface area (Å²) in [4.78, 5) is 3.94. The summed E-state index contributed by atoms with van der Waals surface area (Å²) in [5.74, 6) is 1.43.